The van der Waals surface area contributed by atoms with Gasteiger partial charge >= 0.3 is 6.18 Å². The van der Waals surface area contributed by atoms with Crippen molar-refractivity contribution in [3.05, 3.63) is 35.4 Å². The molecular weight excluding hydrogens is 303 g/mol. The molecular formula is C17H26F3N3. The van der Waals surface area contributed by atoms with Gasteiger partial charge in [-0.3, -0.25) is 4.99 Å². The quantitative estimate of drug-likeness (QED) is 0.615. The summed E-state index contributed by atoms with van der Waals surface area (Å²) in [6, 6.07) is 8.20. The lowest BCUT2D eigenvalue weighted by Gasteiger charge is -2.24. The Morgan fingerprint density at radius 2 is 1.87 bits per heavy atom. The van der Waals surface area contributed by atoms with E-state index in [1.165, 1.54) is 5.56 Å². The summed E-state index contributed by atoms with van der Waals surface area (Å²) in [5, 5.41) is 5.71. The molecule has 1 aromatic carbocycles. The monoisotopic (exact) mass is 329 g/mol. The molecule has 0 aliphatic rings. The average molecular weight is 329 g/mol. The van der Waals surface area contributed by atoms with E-state index in [4.69, 9.17) is 0 Å². The Morgan fingerprint density at radius 1 is 1.17 bits per heavy atom. The third kappa shape index (κ3) is 7.39. The molecule has 1 rings (SSSR count). The zero-order chi connectivity index (χ0) is 17.5. The minimum Gasteiger partial charge on any atom is -0.357 e. The van der Waals surface area contributed by atoms with Crippen molar-refractivity contribution in [2.75, 3.05) is 19.6 Å². The molecule has 0 saturated carbocycles. The van der Waals surface area contributed by atoms with E-state index >= 15 is 0 Å². The lowest BCUT2D eigenvalue weighted by Crippen LogP contribution is -2.40. The molecule has 0 radical (unpaired) electrons. The summed E-state index contributed by atoms with van der Waals surface area (Å²) in [5.41, 5.74) is 2.14. The van der Waals surface area contributed by atoms with Crippen LogP contribution in [0.4, 0.5) is 13.2 Å². The largest absolute Gasteiger partial charge is 0.390 e. The number of aryl methyl sites for hydroxylation is 1. The van der Waals surface area contributed by atoms with Gasteiger partial charge in [-0.25, -0.2) is 0 Å². The highest BCUT2D eigenvalue weighted by atomic mass is 19.4. The molecule has 0 aliphatic carbocycles. The van der Waals surface area contributed by atoms with Gasteiger partial charge in [0.15, 0.2) is 5.96 Å². The number of guanidine groups is 1. The summed E-state index contributed by atoms with van der Waals surface area (Å²) in [4.78, 5) is 4.44. The van der Waals surface area contributed by atoms with Crippen LogP contribution in [0.15, 0.2) is 29.3 Å². The molecule has 2 N–H and O–H groups in total. The van der Waals surface area contributed by atoms with Crippen LogP contribution in [-0.4, -0.2) is 31.8 Å². The second-order valence-corrected chi connectivity index (χ2v) is 6.24. The van der Waals surface area contributed by atoms with Crippen LogP contribution in [0.2, 0.25) is 0 Å². The van der Waals surface area contributed by atoms with Gasteiger partial charge < -0.3 is 10.6 Å². The smallest absolute Gasteiger partial charge is 0.357 e. The molecule has 0 unspecified atom stereocenters. The molecule has 0 aliphatic heterocycles. The van der Waals surface area contributed by atoms with Crippen LogP contribution in [0.5, 0.6) is 0 Å². The van der Waals surface area contributed by atoms with Crippen LogP contribution < -0.4 is 10.6 Å². The first kappa shape index (κ1) is 19.3. The van der Waals surface area contributed by atoms with Crippen LogP contribution in [0.1, 0.15) is 38.3 Å². The van der Waals surface area contributed by atoms with Crippen molar-refractivity contribution in [2.45, 2.75) is 45.7 Å². The number of halogens is 3. The van der Waals surface area contributed by atoms with E-state index in [9.17, 15) is 13.2 Å². The van der Waals surface area contributed by atoms with Crippen molar-refractivity contribution >= 4 is 5.96 Å². The summed E-state index contributed by atoms with van der Waals surface area (Å²) < 4.78 is 36.7. The maximum atomic E-state index is 12.2. The maximum absolute atomic E-state index is 12.2. The molecule has 0 fully saturated rings. The second-order valence-electron chi connectivity index (χ2n) is 6.24. The highest BCUT2D eigenvalue weighted by Gasteiger charge is 2.26. The molecule has 3 nitrogen and oxygen atoms in total. The number of hydrogen-bond acceptors (Lipinski definition) is 1. The lowest BCUT2D eigenvalue weighted by molar-refractivity contribution is -0.132. The third-order valence-electron chi connectivity index (χ3n) is 3.48. The molecule has 6 heteroatoms. The average Bonchev–Trinajstić information content (AvgIpc) is 2.43. The number of nitrogens with one attached hydrogen (secondary N) is 2. The van der Waals surface area contributed by atoms with E-state index in [1.807, 2.05) is 32.0 Å². The van der Waals surface area contributed by atoms with Gasteiger partial charge in [0.2, 0.25) is 0 Å². The van der Waals surface area contributed by atoms with E-state index in [0.717, 1.165) is 5.56 Å². The molecule has 0 atom stereocenters. The Bertz CT molecular complexity index is 522. The molecule has 0 spiro atoms. The molecule has 0 bridgehead atoms. The van der Waals surface area contributed by atoms with Crippen LogP contribution in [0.25, 0.3) is 0 Å². The zero-order valence-electron chi connectivity index (χ0n) is 14.2. The minimum atomic E-state index is -4.16. The Balaban J connectivity index is 2.71. The van der Waals surface area contributed by atoms with Gasteiger partial charge in [0.25, 0.3) is 0 Å². The summed E-state index contributed by atoms with van der Waals surface area (Å²) in [6.45, 7) is 8.97. The van der Waals surface area contributed by atoms with Gasteiger partial charge in [0.1, 0.15) is 0 Å². The zero-order valence-corrected chi connectivity index (χ0v) is 14.2. The van der Waals surface area contributed by atoms with Gasteiger partial charge in [-0.15, -0.1) is 0 Å². The standard InChI is InChI=1S/C17H26F3N3/c1-5-21-15(22-10-9-17(18,19)20)23-12-16(3,4)14-8-6-7-13(2)11-14/h6-8,11H,5,9-10,12H2,1-4H3,(H2,21,22,23). The topological polar surface area (TPSA) is 36.4 Å². The van der Waals surface area contributed by atoms with Crippen molar-refractivity contribution in [3.63, 3.8) is 0 Å². The van der Waals surface area contributed by atoms with Gasteiger partial charge in [-0.05, 0) is 19.4 Å². The fourth-order valence-corrected chi connectivity index (χ4v) is 2.10. The highest BCUT2D eigenvalue weighted by Crippen LogP contribution is 2.24. The lowest BCUT2D eigenvalue weighted by atomic mass is 9.84. The Hall–Kier alpha value is -1.72. The number of aliphatic imine (C=N–C) groups is 1. The van der Waals surface area contributed by atoms with Crippen molar-refractivity contribution in [3.8, 4) is 0 Å². The summed E-state index contributed by atoms with van der Waals surface area (Å²) in [5.74, 6) is 0.414. The van der Waals surface area contributed by atoms with E-state index < -0.39 is 12.6 Å². The first-order valence-electron chi connectivity index (χ1n) is 7.80. The van der Waals surface area contributed by atoms with E-state index in [0.29, 0.717) is 19.0 Å². The number of rotatable bonds is 6. The molecule has 0 aromatic heterocycles. The van der Waals surface area contributed by atoms with E-state index in [1.54, 1.807) is 0 Å². The maximum Gasteiger partial charge on any atom is 0.390 e. The van der Waals surface area contributed by atoms with Crippen molar-refractivity contribution in [2.24, 2.45) is 4.99 Å². The number of nitrogens with zero attached hydrogens (tertiary/aromatic N) is 1. The third-order valence-corrected chi connectivity index (χ3v) is 3.48. The minimum absolute atomic E-state index is 0.180. The number of alkyl halides is 3. The van der Waals surface area contributed by atoms with Crippen LogP contribution in [0.3, 0.4) is 0 Å². The Labute approximate surface area is 136 Å². The van der Waals surface area contributed by atoms with Gasteiger partial charge in [-0.2, -0.15) is 13.2 Å². The molecule has 1 aromatic rings. The fourth-order valence-electron chi connectivity index (χ4n) is 2.10. The Kier molecular flexibility index (Phi) is 6.91. The van der Waals surface area contributed by atoms with Gasteiger partial charge in [0.05, 0.1) is 13.0 Å². The SMILES string of the molecule is CCNC(=NCC(C)(C)c1cccc(C)c1)NCCC(F)(F)F. The van der Waals surface area contributed by atoms with E-state index in [2.05, 4.69) is 35.5 Å². The predicted molar refractivity (Wildman–Crippen MR) is 88.9 cm³/mol. The molecule has 0 heterocycles. The number of benzene rings is 1. The first-order chi connectivity index (χ1) is 10.6. The first-order valence-corrected chi connectivity index (χ1v) is 7.80. The molecule has 130 valence electrons. The summed E-state index contributed by atoms with van der Waals surface area (Å²) in [6.07, 6.45) is -5.04. The van der Waals surface area contributed by atoms with Gasteiger partial charge in [0, 0.05) is 18.5 Å². The predicted octanol–water partition coefficient (Wildman–Crippen LogP) is 3.78. The van der Waals surface area contributed by atoms with E-state index in [-0.39, 0.29) is 12.0 Å². The molecule has 23 heavy (non-hydrogen) atoms. The summed E-state index contributed by atoms with van der Waals surface area (Å²) in [7, 11) is 0. The number of hydrogen-bond donors (Lipinski definition) is 2. The van der Waals surface area contributed by atoms with Crippen LogP contribution in [0, 0.1) is 6.92 Å². The van der Waals surface area contributed by atoms with Crippen LogP contribution in [-0.2, 0) is 5.41 Å². The normalized spacial score (nSPS) is 13.1. The van der Waals surface area contributed by atoms with Crippen LogP contribution >= 0.6 is 0 Å². The fraction of sp³-hybridized carbons (Fsp3) is 0.588. The van der Waals surface area contributed by atoms with Crippen molar-refractivity contribution in [1.82, 2.24) is 10.6 Å². The second kappa shape index (κ2) is 8.22. The van der Waals surface area contributed by atoms with Crippen molar-refractivity contribution < 1.29 is 13.2 Å². The van der Waals surface area contributed by atoms with Gasteiger partial charge in [-0.1, -0.05) is 43.7 Å². The Morgan fingerprint density at radius 3 is 2.43 bits per heavy atom. The summed E-state index contributed by atoms with van der Waals surface area (Å²) >= 11 is 0. The molecule has 0 amide bonds. The highest BCUT2D eigenvalue weighted by molar-refractivity contribution is 5.79. The van der Waals surface area contributed by atoms with Crippen molar-refractivity contribution in [1.29, 1.82) is 0 Å². The molecule has 0 saturated heterocycles.